The molecule has 1 atom stereocenters. The number of rotatable bonds is 6. The summed E-state index contributed by atoms with van der Waals surface area (Å²) < 4.78 is 0. The average molecular weight is 274 g/mol. The van der Waals surface area contributed by atoms with Gasteiger partial charge in [-0.25, -0.2) is 0 Å². The van der Waals surface area contributed by atoms with Crippen molar-refractivity contribution in [2.24, 2.45) is 11.0 Å². The highest BCUT2D eigenvalue weighted by molar-refractivity contribution is 5.94. The molecule has 0 spiro atoms. The van der Waals surface area contributed by atoms with Gasteiger partial charge in [-0.15, -0.1) is 0 Å². The third-order valence-corrected chi connectivity index (χ3v) is 3.07. The minimum absolute atomic E-state index is 0.00915. The van der Waals surface area contributed by atoms with Crippen molar-refractivity contribution in [1.82, 2.24) is 0 Å². The van der Waals surface area contributed by atoms with Gasteiger partial charge in [0.05, 0.1) is 12.5 Å². The lowest BCUT2D eigenvalue weighted by atomic mass is 10.0. The molecule has 0 aromatic heterocycles. The van der Waals surface area contributed by atoms with Gasteiger partial charge in [0.25, 0.3) is 0 Å². The zero-order valence-electron chi connectivity index (χ0n) is 10.7. The van der Waals surface area contributed by atoms with Crippen LogP contribution in [0, 0.1) is 5.92 Å². The minimum Gasteiger partial charge on any atom is -0.481 e. The first kappa shape index (κ1) is 13.9. The highest BCUT2D eigenvalue weighted by atomic mass is 16.4. The van der Waals surface area contributed by atoms with E-state index in [4.69, 9.17) is 10.6 Å². The van der Waals surface area contributed by atoms with Crippen LogP contribution in [0.5, 0.6) is 0 Å². The molecule has 1 aliphatic carbocycles. The van der Waals surface area contributed by atoms with Crippen LogP contribution in [0.1, 0.15) is 30.9 Å². The molecule has 20 heavy (non-hydrogen) atoms. The van der Waals surface area contributed by atoms with E-state index in [0.29, 0.717) is 11.3 Å². The van der Waals surface area contributed by atoms with E-state index >= 15 is 0 Å². The van der Waals surface area contributed by atoms with Gasteiger partial charge in [0, 0.05) is 16.5 Å². The number of anilines is 1. The highest BCUT2D eigenvalue weighted by Crippen LogP contribution is 2.30. The molecule has 1 unspecified atom stereocenters. The Morgan fingerprint density at radius 1 is 1.40 bits per heavy atom. The van der Waals surface area contributed by atoms with Gasteiger partial charge < -0.3 is 10.4 Å². The highest BCUT2D eigenvalue weighted by Gasteiger charge is 2.29. The normalized spacial score (nSPS) is 15.0. The quantitative estimate of drug-likeness (QED) is 0.472. The van der Waals surface area contributed by atoms with Crippen LogP contribution >= 0.6 is 0 Å². The molecule has 1 saturated carbocycles. The first-order valence-corrected chi connectivity index (χ1v) is 6.27. The zero-order chi connectivity index (χ0) is 14.5. The molecule has 0 saturated heterocycles. The minimum atomic E-state index is -1.03. The monoisotopic (exact) mass is 274 g/mol. The number of benzene rings is 1. The van der Waals surface area contributed by atoms with Crippen LogP contribution in [0.15, 0.2) is 29.4 Å². The van der Waals surface area contributed by atoms with Crippen molar-refractivity contribution in [2.45, 2.75) is 25.3 Å². The number of nitrogens with zero attached hydrogens (tertiary/aromatic N) is 3. The van der Waals surface area contributed by atoms with Crippen molar-refractivity contribution in [3.05, 3.63) is 40.3 Å². The molecule has 2 rings (SSSR count). The van der Waals surface area contributed by atoms with Crippen LogP contribution in [0.4, 0.5) is 5.69 Å². The van der Waals surface area contributed by atoms with Crippen molar-refractivity contribution in [3.63, 3.8) is 0 Å². The van der Waals surface area contributed by atoms with Crippen molar-refractivity contribution in [2.75, 3.05) is 5.32 Å². The molecule has 1 aromatic carbocycles. The van der Waals surface area contributed by atoms with Crippen molar-refractivity contribution in [1.29, 1.82) is 0 Å². The van der Waals surface area contributed by atoms with E-state index in [1.54, 1.807) is 24.3 Å². The molecular weight excluding hydrogens is 260 g/mol. The summed E-state index contributed by atoms with van der Waals surface area (Å²) in [6, 6.07) is 5.93. The van der Waals surface area contributed by atoms with Crippen LogP contribution in [0.2, 0.25) is 0 Å². The Morgan fingerprint density at radius 2 is 2.05 bits per heavy atom. The summed E-state index contributed by atoms with van der Waals surface area (Å²) >= 11 is 0. The summed E-state index contributed by atoms with van der Waals surface area (Å²) in [6.45, 7) is 0. The molecule has 104 valence electrons. The summed E-state index contributed by atoms with van der Waals surface area (Å²) in [6.07, 6.45) is 1.60. The van der Waals surface area contributed by atoms with Gasteiger partial charge in [0.15, 0.2) is 0 Å². The number of carbonyl (C=O) groups is 2. The lowest BCUT2D eigenvalue weighted by molar-refractivity contribution is -0.137. The van der Waals surface area contributed by atoms with Gasteiger partial charge in [-0.3, -0.25) is 9.59 Å². The van der Waals surface area contributed by atoms with E-state index in [1.165, 1.54) is 0 Å². The number of amides is 1. The fourth-order valence-electron chi connectivity index (χ4n) is 1.83. The molecule has 0 heterocycles. The van der Waals surface area contributed by atoms with E-state index in [-0.39, 0.29) is 18.2 Å². The van der Waals surface area contributed by atoms with E-state index in [2.05, 4.69) is 15.3 Å². The maximum Gasteiger partial charge on any atom is 0.304 e. The summed E-state index contributed by atoms with van der Waals surface area (Å²) in [7, 11) is 0. The van der Waals surface area contributed by atoms with E-state index in [0.717, 1.165) is 12.8 Å². The Kier molecular flexibility index (Phi) is 4.22. The number of hydrogen-bond donors (Lipinski definition) is 2. The smallest absolute Gasteiger partial charge is 0.304 e. The Bertz CT molecular complexity index is 559. The Morgan fingerprint density at radius 3 is 2.55 bits per heavy atom. The molecule has 1 aliphatic rings. The SMILES string of the molecule is [N-]=[N+]=NC(CC(=O)O)c1ccc(NC(=O)C2CC2)cc1. The molecule has 0 radical (unpaired) electrons. The summed E-state index contributed by atoms with van der Waals surface area (Å²) in [5.41, 5.74) is 9.72. The Labute approximate surface area is 115 Å². The second-order valence-corrected chi connectivity index (χ2v) is 4.70. The molecule has 2 N–H and O–H groups in total. The first-order chi connectivity index (χ1) is 9.60. The summed E-state index contributed by atoms with van der Waals surface area (Å²) in [5.74, 6) is -0.902. The van der Waals surface area contributed by atoms with E-state index < -0.39 is 12.0 Å². The van der Waals surface area contributed by atoms with Crippen LogP contribution in [0.25, 0.3) is 10.4 Å². The molecular formula is C13H14N4O3. The van der Waals surface area contributed by atoms with Crippen LogP contribution in [-0.4, -0.2) is 17.0 Å². The molecule has 1 fully saturated rings. The molecule has 7 nitrogen and oxygen atoms in total. The molecule has 0 aliphatic heterocycles. The van der Waals surface area contributed by atoms with Gasteiger partial charge in [-0.05, 0) is 36.1 Å². The number of azide groups is 1. The van der Waals surface area contributed by atoms with Crippen molar-refractivity contribution in [3.8, 4) is 0 Å². The number of carbonyl (C=O) groups excluding carboxylic acids is 1. The lowest BCUT2D eigenvalue weighted by Crippen LogP contribution is -2.13. The number of carboxylic acid groups (broad SMARTS) is 1. The molecule has 0 bridgehead atoms. The topological polar surface area (TPSA) is 115 Å². The third-order valence-electron chi connectivity index (χ3n) is 3.07. The lowest BCUT2D eigenvalue weighted by Gasteiger charge is -2.10. The van der Waals surface area contributed by atoms with Crippen molar-refractivity contribution >= 4 is 17.6 Å². The van der Waals surface area contributed by atoms with Crippen LogP contribution in [0.3, 0.4) is 0 Å². The second kappa shape index (κ2) is 6.08. The predicted molar refractivity (Wildman–Crippen MR) is 71.9 cm³/mol. The van der Waals surface area contributed by atoms with Gasteiger partial charge in [0.2, 0.25) is 5.91 Å². The standard InChI is InChI=1S/C13H14N4O3/c14-17-16-11(7-12(18)19)8-3-5-10(6-4-8)15-13(20)9-1-2-9/h3-6,9,11H,1-2,7H2,(H,15,20)(H,18,19). The Hall–Kier alpha value is -2.53. The molecule has 7 heteroatoms. The van der Waals surface area contributed by atoms with Gasteiger partial charge in [-0.1, -0.05) is 17.2 Å². The molecule has 1 aromatic rings. The van der Waals surface area contributed by atoms with Gasteiger partial charge in [-0.2, -0.15) is 0 Å². The summed E-state index contributed by atoms with van der Waals surface area (Å²) in [5, 5.41) is 15.0. The van der Waals surface area contributed by atoms with E-state index in [9.17, 15) is 9.59 Å². The van der Waals surface area contributed by atoms with Crippen molar-refractivity contribution < 1.29 is 14.7 Å². The fraction of sp³-hybridized carbons (Fsp3) is 0.385. The largest absolute Gasteiger partial charge is 0.481 e. The zero-order valence-corrected chi connectivity index (χ0v) is 10.7. The number of hydrogen-bond acceptors (Lipinski definition) is 3. The van der Waals surface area contributed by atoms with Gasteiger partial charge in [0.1, 0.15) is 0 Å². The average Bonchev–Trinajstić information content (AvgIpc) is 3.23. The maximum absolute atomic E-state index is 11.6. The second-order valence-electron chi connectivity index (χ2n) is 4.70. The maximum atomic E-state index is 11.6. The predicted octanol–water partition coefficient (Wildman–Crippen LogP) is 2.86. The number of carboxylic acids is 1. The molecule has 1 amide bonds. The number of nitrogens with one attached hydrogen (secondary N) is 1. The fourth-order valence-corrected chi connectivity index (χ4v) is 1.83. The third kappa shape index (κ3) is 3.73. The van der Waals surface area contributed by atoms with Crippen LogP contribution < -0.4 is 5.32 Å². The Balaban J connectivity index is 2.06. The van der Waals surface area contributed by atoms with Gasteiger partial charge >= 0.3 is 5.97 Å². The summed E-state index contributed by atoms with van der Waals surface area (Å²) in [4.78, 5) is 25.0. The number of aliphatic carboxylic acids is 1. The van der Waals surface area contributed by atoms with E-state index in [1.807, 2.05) is 0 Å². The first-order valence-electron chi connectivity index (χ1n) is 6.27. The van der Waals surface area contributed by atoms with Crippen LogP contribution in [-0.2, 0) is 9.59 Å².